The molecule has 0 aromatic carbocycles. The van der Waals surface area contributed by atoms with Gasteiger partial charge in [-0.1, -0.05) is 51.2 Å². The summed E-state index contributed by atoms with van der Waals surface area (Å²) in [6, 6.07) is 0. The van der Waals surface area contributed by atoms with Crippen molar-refractivity contribution >= 4 is 0 Å². The minimum Gasteiger partial charge on any atom is -0.0853 e. The predicted molar refractivity (Wildman–Crippen MR) is 59.9 cm³/mol. The Morgan fingerprint density at radius 1 is 1.15 bits per heavy atom. The predicted octanol–water partition coefficient (Wildman–Crippen LogP) is 4.70. The van der Waals surface area contributed by atoms with Gasteiger partial charge in [-0.15, -0.1) is 0 Å². The van der Waals surface area contributed by atoms with Crippen molar-refractivity contribution in [3.8, 4) is 0 Å². The van der Waals surface area contributed by atoms with Gasteiger partial charge >= 0.3 is 0 Å². The molecule has 1 aliphatic rings. The van der Waals surface area contributed by atoms with Crippen LogP contribution >= 0.6 is 0 Å². The molecule has 0 aromatic rings. The lowest BCUT2D eigenvalue weighted by Crippen LogP contribution is -2.09. The maximum Gasteiger partial charge on any atom is -0.0203 e. The molecule has 0 aliphatic heterocycles. The smallest absolute Gasteiger partial charge is 0.0203 e. The van der Waals surface area contributed by atoms with Crippen molar-refractivity contribution in [2.75, 3.05) is 0 Å². The van der Waals surface area contributed by atoms with Gasteiger partial charge in [0.25, 0.3) is 0 Å². The Balaban J connectivity index is 2.46. The van der Waals surface area contributed by atoms with E-state index >= 15 is 0 Å². The summed E-state index contributed by atoms with van der Waals surface area (Å²) in [5.74, 6) is 0.952. The Bertz CT molecular complexity index is 149. The van der Waals surface area contributed by atoms with Gasteiger partial charge in [0, 0.05) is 0 Å². The van der Waals surface area contributed by atoms with E-state index in [-0.39, 0.29) is 0 Å². The molecular formula is C13H24. The fourth-order valence-corrected chi connectivity index (χ4v) is 2.50. The lowest BCUT2D eigenvalue weighted by Gasteiger charge is -2.24. The summed E-state index contributed by atoms with van der Waals surface area (Å²) in [5, 5.41) is 0. The summed E-state index contributed by atoms with van der Waals surface area (Å²) in [5.41, 5.74) is 1.77. The van der Waals surface area contributed by atoms with Crippen molar-refractivity contribution in [3.63, 3.8) is 0 Å². The van der Waals surface area contributed by atoms with Gasteiger partial charge < -0.3 is 0 Å². The van der Waals surface area contributed by atoms with Gasteiger partial charge in [0.2, 0.25) is 0 Å². The van der Waals surface area contributed by atoms with Gasteiger partial charge in [0.15, 0.2) is 0 Å². The maximum absolute atomic E-state index is 2.49. The molecule has 0 heterocycles. The fourth-order valence-electron chi connectivity index (χ4n) is 2.50. The van der Waals surface area contributed by atoms with E-state index in [1.807, 2.05) is 0 Å². The molecule has 0 heteroatoms. The van der Waals surface area contributed by atoms with E-state index in [1.54, 1.807) is 5.57 Å². The molecular weight excluding hydrogens is 156 g/mol. The average molecular weight is 180 g/mol. The summed E-state index contributed by atoms with van der Waals surface area (Å²) < 4.78 is 0. The van der Waals surface area contributed by atoms with Gasteiger partial charge in [-0.25, -0.2) is 0 Å². The van der Waals surface area contributed by atoms with Crippen LogP contribution in [0.3, 0.4) is 0 Å². The highest BCUT2D eigenvalue weighted by Gasteiger charge is 2.16. The third-order valence-corrected chi connectivity index (χ3v) is 3.13. The number of rotatable bonds is 4. The first kappa shape index (κ1) is 10.8. The van der Waals surface area contributed by atoms with Crippen molar-refractivity contribution in [1.29, 1.82) is 0 Å². The Morgan fingerprint density at radius 3 is 2.38 bits per heavy atom. The van der Waals surface area contributed by atoms with Gasteiger partial charge in [-0.2, -0.15) is 0 Å². The lowest BCUT2D eigenvalue weighted by molar-refractivity contribution is 0.393. The minimum absolute atomic E-state index is 0.952. The van der Waals surface area contributed by atoms with Gasteiger partial charge in [-0.05, 0) is 31.6 Å². The highest BCUT2D eigenvalue weighted by Crippen LogP contribution is 2.32. The van der Waals surface area contributed by atoms with Crippen molar-refractivity contribution in [2.24, 2.45) is 5.92 Å². The molecule has 0 amide bonds. The normalized spacial score (nSPS) is 20.6. The highest BCUT2D eigenvalue weighted by molar-refractivity contribution is 5.07. The van der Waals surface area contributed by atoms with E-state index in [1.165, 1.54) is 51.4 Å². The van der Waals surface area contributed by atoms with Crippen LogP contribution in [0.4, 0.5) is 0 Å². The number of hydrogen-bond acceptors (Lipinski definition) is 0. The van der Waals surface area contributed by atoms with E-state index in [2.05, 4.69) is 19.9 Å². The van der Waals surface area contributed by atoms with E-state index < -0.39 is 0 Å². The first-order valence-electron chi connectivity index (χ1n) is 6.07. The maximum atomic E-state index is 2.49. The second-order valence-electron chi connectivity index (χ2n) is 4.27. The summed E-state index contributed by atoms with van der Waals surface area (Å²) >= 11 is 0. The largest absolute Gasteiger partial charge is 0.0853 e. The molecule has 1 rings (SSSR count). The zero-order valence-electron chi connectivity index (χ0n) is 9.31. The summed E-state index contributed by atoms with van der Waals surface area (Å²) in [6.07, 6.45) is 13.7. The van der Waals surface area contributed by atoms with E-state index in [0.29, 0.717) is 0 Å². The zero-order valence-corrected chi connectivity index (χ0v) is 9.31. The van der Waals surface area contributed by atoms with Crippen molar-refractivity contribution in [1.82, 2.24) is 0 Å². The molecule has 0 atom stereocenters. The quantitative estimate of drug-likeness (QED) is 0.550. The molecule has 76 valence electrons. The van der Waals surface area contributed by atoms with Crippen LogP contribution in [0.15, 0.2) is 11.6 Å². The van der Waals surface area contributed by atoms with E-state index in [0.717, 1.165) is 5.92 Å². The SMILES string of the molecule is CCC=C(CCC)C1CCCCC1. The van der Waals surface area contributed by atoms with E-state index in [4.69, 9.17) is 0 Å². The molecule has 0 unspecified atom stereocenters. The van der Waals surface area contributed by atoms with Crippen LogP contribution in [-0.2, 0) is 0 Å². The van der Waals surface area contributed by atoms with Crippen LogP contribution in [0.1, 0.15) is 65.2 Å². The number of hydrogen-bond donors (Lipinski definition) is 0. The minimum atomic E-state index is 0.952. The summed E-state index contributed by atoms with van der Waals surface area (Å²) in [6.45, 7) is 4.56. The Hall–Kier alpha value is -0.260. The van der Waals surface area contributed by atoms with Gasteiger partial charge in [0.1, 0.15) is 0 Å². The van der Waals surface area contributed by atoms with Crippen molar-refractivity contribution in [2.45, 2.75) is 65.2 Å². The third kappa shape index (κ3) is 3.54. The van der Waals surface area contributed by atoms with Gasteiger partial charge in [0.05, 0.1) is 0 Å². The van der Waals surface area contributed by atoms with E-state index in [9.17, 15) is 0 Å². The average Bonchev–Trinajstić information content (AvgIpc) is 2.19. The first-order chi connectivity index (χ1) is 6.38. The molecule has 0 nitrogen and oxygen atoms in total. The van der Waals surface area contributed by atoms with Crippen LogP contribution in [0, 0.1) is 5.92 Å². The van der Waals surface area contributed by atoms with Gasteiger partial charge in [-0.3, -0.25) is 0 Å². The van der Waals surface area contributed by atoms with Crippen LogP contribution in [-0.4, -0.2) is 0 Å². The van der Waals surface area contributed by atoms with Crippen molar-refractivity contribution in [3.05, 3.63) is 11.6 Å². The lowest BCUT2D eigenvalue weighted by atomic mass is 9.82. The van der Waals surface area contributed by atoms with Crippen LogP contribution in [0.5, 0.6) is 0 Å². The fraction of sp³-hybridized carbons (Fsp3) is 0.846. The monoisotopic (exact) mass is 180 g/mol. The Kier molecular flexibility index (Phi) is 5.19. The molecule has 0 spiro atoms. The van der Waals surface area contributed by atoms with Crippen LogP contribution in [0.25, 0.3) is 0 Å². The highest BCUT2D eigenvalue weighted by atomic mass is 14.2. The Labute approximate surface area is 83.4 Å². The summed E-state index contributed by atoms with van der Waals surface area (Å²) in [7, 11) is 0. The standard InChI is InChI=1S/C13H24/c1-3-8-12(9-4-2)13-10-6-5-7-11-13/h8,13H,3-7,9-11H2,1-2H3. The second-order valence-corrected chi connectivity index (χ2v) is 4.27. The molecule has 0 saturated heterocycles. The molecule has 0 aromatic heterocycles. The topological polar surface area (TPSA) is 0 Å². The Morgan fingerprint density at radius 2 is 1.85 bits per heavy atom. The summed E-state index contributed by atoms with van der Waals surface area (Å²) in [4.78, 5) is 0. The van der Waals surface area contributed by atoms with Crippen LogP contribution in [0.2, 0.25) is 0 Å². The zero-order chi connectivity index (χ0) is 9.52. The molecule has 13 heavy (non-hydrogen) atoms. The number of allylic oxidation sites excluding steroid dienone is 2. The molecule has 1 saturated carbocycles. The molecule has 1 fully saturated rings. The molecule has 0 bridgehead atoms. The first-order valence-corrected chi connectivity index (χ1v) is 6.07. The molecule has 0 radical (unpaired) electrons. The third-order valence-electron chi connectivity index (χ3n) is 3.13. The molecule has 0 N–H and O–H groups in total. The second kappa shape index (κ2) is 6.23. The van der Waals surface area contributed by atoms with Crippen molar-refractivity contribution < 1.29 is 0 Å². The molecule has 1 aliphatic carbocycles. The van der Waals surface area contributed by atoms with Crippen LogP contribution < -0.4 is 0 Å².